The number of rotatable bonds is 0. The highest BCUT2D eigenvalue weighted by atomic mass is 31.0. The molecule has 1 unspecified atom stereocenters. The second-order valence-corrected chi connectivity index (χ2v) is 4.69. The molecule has 13 heavy (non-hydrogen) atoms. The second-order valence-electron chi connectivity index (χ2n) is 3.96. The zero-order valence-electron chi connectivity index (χ0n) is 8.97. The molecule has 0 aromatic rings. The van der Waals surface area contributed by atoms with E-state index in [-0.39, 0.29) is 0 Å². The molecule has 2 saturated heterocycles. The van der Waals surface area contributed by atoms with Crippen LogP contribution in [0.25, 0.3) is 0 Å². The van der Waals surface area contributed by atoms with E-state index in [0.29, 0.717) is 5.41 Å². The van der Waals surface area contributed by atoms with Crippen LogP contribution in [-0.2, 0) is 0 Å². The van der Waals surface area contributed by atoms with Gasteiger partial charge < -0.3 is 5.32 Å². The predicted octanol–water partition coefficient (Wildman–Crippen LogP) is 1.88. The largest absolute Gasteiger partial charge is 0.316 e. The monoisotopic (exact) mass is 202 g/mol. The molecule has 2 heterocycles. The van der Waals surface area contributed by atoms with E-state index >= 15 is 0 Å². The predicted molar refractivity (Wildman–Crippen MR) is 61.8 cm³/mol. The lowest BCUT2D eigenvalue weighted by Crippen LogP contribution is -2.36. The number of nitrogens with zero attached hydrogens (tertiary/aromatic N) is 1. The lowest BCUT2D eigenvalue weighted by Gasteiger charge is -2.36. The first-order valence-corrected chi connectivity index (χ1v) is 6.03. The van der Waals surface area contributed by atoms with Crippen LogP contribution in [-0.4, -0.2) is 30.8 Å². The summed E-state index contributed by atoms with van der Waals surface area (Å²) in [5.74, 6) is 0. The Morgan fingerprint density at radius 1 is 1.15 bits per heavy atom. The molecule has 1 N–H and O–H groups in total. The Morgan fingerprint density at radius 2 is 1.77 bits per heavy atom. The SMILES string of the molecule is CC.PN1CCC2(CCNC2)CC1. The van der Waals surface area contributed by atoms with Crippen LogP contribution < -0.4 is 5.32 Å². The highest BCUT2D eigenvalue weighted by molar-refractivity contribution is 7.13. The lowest BCUT2D eigenvalue weighted by atomic mass is 9.78. The summed E-state index contributed by atoms with van der Waals surface area (Å²) in [6, 6.07) is 0. The summed E-state index contributed by atoms with van der Waals surface area (Å²) in [5.41, 5.74) is 0.688. The van der Waals surface area contributed by atoms with E-state index in [2.05, 4.69) is 19.4 Å². The highest BCUT2D eigenvalue weighted by Gasteiger charge is 2.35. The molecule has 0 aromatic carbocycles. The van der Waals surface area contributed by atoms with Crippen LogP contribution in [0.5, 0.6) is 0 Å². The summed E-state index contributed by atoms with van der Waals surface area (Å²) < 4.78 is 2.36. The first kappa shape index (κ1) is 11.4. The van der Waals surface area contributed by atoms with Crippen molar-refractivity contribution in [3.8, 4) is 0 Å². The van der Waals surface area contributed by atoms with Gasteiger partial charge in [0.15, 0.2) is 0 Å². The Kier molecular flexibility index (Phi) is 4.64. The van der Waals surface area contributed by atoms with Crippen molar-refractivity contribution >= 4 is 9.39 Å². The minimum atomic E-state index is 0.688. The molecule has 2 nitrogen and oxygen atoms in total. The maximum Gasteiger partial charge on any atom is 0.00219 e. The first-order chi connectivity index (χ1) is 6.31. The van der Waals surface area contributed by atoms with E-state index < -0.39 is 0 Å². The Morgan fingerprint density at radius 3 is 2.23 bits per heavy atom. The van der Waals surface area contributed by atoms with Gasteiger partial charge in [-0.1, -0.05) is 23.2 Å². The van der Waals surface area contributed by atoms with Gasteiger partial charge in [0.25, 0.3) is 0 Å². The Bertz CT molecular complexity index is 134. The van der Waals surface area contributed by atoms with Gasteiger partial charge in [-0.2, -0.15) is 0 Å². The molecule has 1 spiro atoms. The first-order valence-electron chi connectivity index (χ1n) is 5.51. The molecule has 1 atom stereocenters. The standard InChI is InChI=1S/C8H17N2P.C2H6/c11-10-5-2-8(3-6-10)1-4-9-7-8;1-2/h9H,1-7,11H2;1-2H3. The Balaban J connectivity index is 0.000000396. The van der Waals surface area contributed by atoms with Crippen LogP contribution in [0.15, 0.2) is 0 Å². The van der Waals surface area contributed by atoms with Crippen molar-refractivity contribution in [1.29, 1.82) is 0 Å². The average Bonchev–Trinajstić information content (AvgIpc) is 2.63. The summed E-state index contributed by atoms with van der Waals surface area (Å²) in [6.45, 7) is 9.06. The number of nitrogens with one attached hydrogen (secondary N) is 1. The molecule has 0 amide bonds. The van der Waals surface area contributed by atoms with Crippen molar-refractivity contribution < 1.29 is 0 Å². The van der Waals surface area contributed by atoms with Crippen molar-refractivity contribution in [2.75, 3.05) is 26.2 Å². The maximum absolute atomic E-state index is 3.47. The zero-order valence-corrected chi connectivity index (χ0v) is 10.1. The molecular weight excluding hydrogens is 179 g/mol. The quantitative estimate of drug-likeness (QED) is 0.603. The fourth-order valence-electron chi connectivity index (χ4n) is 2.22. The molecule has 2 fully saturated rings. The summed E-state index contributed by atoms with van der Waals surface area (Å²) in [5, 5.41) is 3.47. The van der Waals surface area contributed by atoms with E-state index in [1.54, 1.807) is 0 Å². The number of hydrogen-bond acceptors (Lipinski definition) is 2. The van der Waals surface area contributed by atoms with Crippen molar-refractivity contribution in [2.45, 2.75) is 33.1 Å². The van der Waals surface area contributed by atoms with Crippen LogP contribution in [0, 0.1) is 5.41 Å². The Hall–Kier alpha value is 0.350. The van der Waals surface area contributed by atoms with Crippen LogP contribution in [0.3, 0.4) is 0 Å². The van der Waals surface area contributed by atoms with E-state index in [0.717, 1.165) is 0 Å². The van der Waals surface area contributed by atoms with E-state index in [1.807, 2.05) is 13.8 Å². The lowest BCUT2D eigenvalue weighted by molar-refractivity contribution is 0.182. The van der Waals surface area contributed by atoms with Gasteiger partial charge in [0.1, 0.15) is 0 Å². The van der Waals surface area contributed by atoms with Gasteiger partial charge in [0.2, 0.25) is 0 Å². The molecule has 0 saturated carbocycles. The molecule has 0 bridgehead atoms. The van der Waals surface area contributed by atoms with E-state index in [9.17, 15) is 0 Å². The highest BCUT2D eigenvalue weighted by Crippen LogP contribution is 2.37. The maximum atomic E-state index is 3.47. The average molecular weight is 202 g/mol. The molecule has 3 heteroatoms. The second kappa shape index (κ2) is 5.29. The fourth-order valence-corrected chi connectivity index (χ4v) is 2.48. The topological polar surface area (TPSA) is 15.3 Å². The van der Waals surface area contributed by atoms with Gasteiger partial charge in [-0.05, 0) is 31.2 Å². The summed E-state index contributed by atoms with van der Waals surface area (Å²) in [4.78, 5) is 0. The molecule has 0 aromatic heterocycles. The minimum absolute atomic E-state index is 0.688. The van der Waals surface area contributed by atoms with Crippen molar-refractivity contribution in [2.24, 2.45) is 5.41 Å². The van der Waals surface area contributed by atoms with Gasteiger partial charge in [-0.15, -0.1) is 0 Å². The molecule has 2 rings (SSSR count). The molecule has 78 valence electrons. The van der Waals surface area contributed by atoms with Crippen LogP contribution >= 0.6 is 9.39 Å². The van der Waals surface area contributed by atoms with Gasteiger partial charge >= 0.3 is 0 Å². The van der Waals surface area contributed by atoms with Crippen molar-refractivity contribution in [3.63, 3.8) is 0 Å². The smallest absolute Gasteiger partial charge is 0.00219 e. The van der Waals surface area contributed by atoms with Gasteiger partial charge in [-0.3, -0.25) is 4.67 Å². The molecule has 2 aliphatic rings. The number of hydrogen-bond donors (Lipinski definition) is 1. The minimum Gasteiger partial charge on any atom is -0.316 e. The van der Waals surface area contributed by atoms with E-state index in [1.165, 1.54) is 45.4 Å². The zero-order chi connectivity index (χ0) is 9.73. The molecule has 0 aliphatic carbocycles. The number of piperidine rings is 1. The van der Waals surface area contributed by atoms with Crippen LogP contribution in [0.2, 0.25) is 0 Å². The third-order valence-corrected chi connectivity index (χ3v) is 3.71. The van der Waals surface area contributed by atoms with Crippen molar-refractivity contribution in [1.82, 2.24) is 9.99 Å². The van der Waals surface area contributed by atoms with Gasteiger partial charge in [-0.25, -0.2) is 0 Å². The van der Waals surface area contributed by atoms with Crippen molar-refractivity contribution in [3.05, 3.63) is 0 Å². The van der Waals surface area contributed by atoms with Crippen LogP contribution in [0.1, 0.15) is 33.1 Å². The normalized spacial score (nSPS) is 27.0. The third kappa shape index (κ3) is 2.90. The summed E-state index contributed by atoms with van der Waals surface area (Å²) in [6.07, 6.45) is 4.19. The van der Waals surface area contributed by atoms with E-state index in [4.69, 9.17) is 0 Å². The Labute approximate surface area is 84.7 Å². The third-order valence-electron chi connectivity index (χ3n) is 3.19. The fraction of sp³-hybridized carbons (Fsp3) is 1.00. The summed E-state index contributed by atoms with van der Waals surface area (Å²) >= 11 is 0. The molecule has 2 aliphatic heterocycles. The molecule has 0 radical (unpaired) electrons. The van der Waals surface area contributed by atoms with Gasteiger partial charge in [0.05, 0.1) is 0 Å². The van der Waals surface area contributed by atoms with Crippen LogP contribution in [0.4, 0.5) is 0 Å². The van der Waals surface area contributed by atoms with Gasteiger partial charge in [0, 0.05) is 19.6 Å². The summed E-state index contributed by atoms with van der Waals surface area (Å²) in [7, 11) is 2.81. The molecular formula is C10H23N2P.